The van der Waals surface area contributed by atoms with Crippen LogP contribution in [0.2, 0.25) is 0 Å². The lowest BCUT2D eigenvalue weighted by Gasteiger charge is -2.09. The summed E-state index contributed by atoms with van der Waals surface area (Å²) in [6.07, 6.45) is 0. The number of rotatable bonds is 2. The standard InChI is InChI=1S/C13H13NO2/c1-16-9-6-7-10(12(14)8-9)11-4-2-3-5-13(11)15/h2-8,15H,14H2,1H3. The van der Waals surface area contributed by atoms with Crippen molar-refractivity contribution < 1.29 is 9.84 Å². The summed E-state index contributed by atoms with van der Waals surface area (Å²) in [5.41, 5.74) is 8.02. The maximum atomic E-state index is 9.73. The smallest absolute Gasteiger partial charge is 0.123 e. The van der Waals surface area contributed by atoms with Crippen molar-refractivity contribution in [3.05, 3.63) is 42.5 Å². The Balaban J connectivity index is 2.53. The minimum atomic E-state index is 0.222. The SMILES string of the molecule is COc1ccc(-c2ccccc2O)c(N)c1. The summed E-state index contributed by atoms with van der Waals surface area (Å²) in [7, 11) is 1.59. The van der Waals surface area contributed by atoms with Crippen LogP contribution in [0.3, 0.4) is 0 Å². The van der Waals surface area contributed by atoms with Gasteiger partial charge >= 0.3 is 0 Å². The van der Waals surface area contributed by atoms with Gasteiger partial charge in [-0.05, 0) is 18.2 Å². The van der Waals surface area contributed by atoms with Crippen LogP contribution in [-0.2, 0) is 0 Å². The van der Waals surface area contributed by atoms with Crippen LogP contribution in [0, 0.1) is 0 Å². The van der Waals surface area contributed by atoms with Gasteiger partial charge in [0, 0.05) is 22.9 Å². The molecule has 0 saturated carbocycles. The molecule has 0 amide bonds. The minimum Gasteiger partial charge on any atom is -0.507 e. The second-order valence-electron chi connectivity index (χ2n) is 3.47. The van der Waals surface area contributed by atoms with Crippen LogP contribution in [0.1, 0.15) is 0 Å². The van der Waals surface area contributed by atoms with Gasteiger partial charge in [-0.15, -0.1) is 0 Å². The molecule has 0 unspecified atom stereocenters. The van der Waals surface area contributed by atoms with E-state index >= 15 is 0 Å². The monoisotopic (exact) mass is 215 g/mol. The number of phenols is 1. The molecule has 0 saturated heterocycles. The van der Waals surface area contributed by atoms with Gasteiger partial charge in [-0.1, -0.05) is 18.2 Å². The van der Waals surface area contributed by atoms with E-state index in [2.05, 4.69) is 0 Å². The number of anilines is 1. The van der Waals surface area contributed by atoms with Crippen LogP contribution in [0.4, 0.5) is 5.69 Å². The number of benzene rings is 2. The quantitative estimate of drug-likeness (QED) is 0.757. The van der Waals surface area contributed by atoms with Gasteiger partial charge in [0.05, 0.1) is 7.11 Å². The molecule has 0 fully saturated rings. The lowest BCUT2D eigenvalue weighted by Crippen LogP contribution is -1.92. The Morgan fingerprint density at radius 1 is 1.06 bits per heavy atom. The first-order valence-corrected chi connectivity index (χ1v) is 4.94. The largest absolute Gasteiger partial charge is 0.507 e. The molecule has 16 heavy (non-hydrogen) atoms. The molecule has 3 N–H and O–H groups in total. The second-order valence-corrected chi connectivity index (χ2v) is 3.47. The van der Waals surface area contributed by atoms with E-state index in [1.54, 1.807) is 25.3 Å². The molecule has 0 atom stereocenters. The summed E-state index contributed by atoms with van der Waals surface area (Å²) in [6, 6.07) is 12.5. The highest BCUT2D eigenvalue weighted by Gasteiger charge is 2.07. The number of aromatic hydroxyl groups is 1. The Morgan fingerprint density at radius 2 is 1.81 bits per heavy atom. The Hall–Kier alpha value is -2.16. The summed E-state index contributed by atoms with van der Waals surface area (Å²) in [5, 5.41) is 9.73. The lowest BCUT2D eigenvalue weighted by atomic mass is 10.0. The van der Waals surface area contributed by atoms with Gasteiger partial charge in [-0.3, -0.25) is 0 Å². The van der Waals surface area contributed by atoms with Crippen molar-refractivity contribution in [3.63, 3.8) is 0 Å². The number of ether oxygens (including phenoxy) is 1. The molecule has 3 nitrogen and oxygen atoms in total. The van der Waals surface area contributed by atoms with Crippen molar-refractivity contribution >= 4 is 5.69 Å². The Morgan fingerprint density at radius 3 is 2.44 bits per heavy atom. The van der Waals surface area contributed by atoms with Gasteiger partial charge in [-0.2, -0.15) is 0 Å². The molecule has 3 heteroatoms. The zero-order valence-electron chi connectivity index (χ0n) is 8.97. The van der Waals surface area contributed by atoms with Crippen molar-refractivity contribution in [2.24, 2.45) is 0 Å². The van der Waals surface area contributed by atoms with Crippen LogP contribution in [-0.4, -0.2) is 12.2 Å². The van der Waals surface area contributed by atoms with Gasteiger partial charge < -0.3 is 15.6 Å². The number of hydrogen-bond donors (Lipinski definition) is 2. The van der Waals surface area contributed by atoms with Crippen LogP contribution in [0.25, 0.3) is 11.1 Å². The topological polar surface area (TPSA) is 55.5 Å². The van der Waals surface area contributed by atoms with Gasteiger partial charge in [0.2, 0.25) is 0 Å². The van der Waals surface area contributed by atoms with Crippen molar-refractivity contribution in [3.8, 4) is 22.6 Å². The van der Waals surface area contributed by atoms with Crippen LogP contribution < -0.4 is 10.5 Å². The number of phenolic OH excluding ortho intramolecular Hbond substituents is 1. The minimum absolute atomic E-state index is 0.222. The molecule has 0 aliphatic rings. The van der Waals surface area contributed by atoms with Gasteiger partial charge in [0.25, 0.3) is 0 Å². The molecule has 0 aromatic heterocycles. The van der Waals surface area contributed by atoms with E-state index in [4.69, 9.17) is 10.5 Å². The fourth-order valence-corrected chi connectivity index (χ4v) is 1.61. The van der Waals surface area contributed by atoms with Crippen molar-refractivity contribution in [2.45, 2.75) is 0 Å². The highest BCUT2D eigenvalue weighted by atomic mass is 16.5. The summed E-state index contributed by atoms with van der Waals surface area (Å²) in [6.45, 7) is 0. The fourth-order valence-electron chi connectivity index (χ4n) is 1.61. The Kier molecular flexibility index (Phi) is 2.68. The molecule has 0 bridgehead atoms. The number of methoxy groups -OCH3 is 1. The molecule has 0 radical (unpaired) electrons. The van der Waals surface area contributed by atoms with E-state index in [-0.39, 0.29) is 5.75 Å². The van der Waals surface area contributed by atoms with E-state index < -0.39 is 0 Å². The average Bonchev–Trinajstić information content (AvgIpc) is 2.30. The maximum Gasteiger partial charge on any atom is 0.123 e. The third-order valence-corrected chi connectivity index (χ3v) is 2.45. The summed E-state index contributed by atoms with van der Waals surface area (Å²) < 4.78 is 5.07. The number of nitrogen functional groups attached to an aromatic ring is 1. The summed E-state index contributed by atoms with van der Waals surface area (Å²) in [5.74, 6) is 0.927. The van der Waals surface area contributed by atoms with E-state index in [0.717, 1.165) is 11.1 Å². The van der Waals surface area contributed by atoms with Gasteiger partial charge in [0.15, 0.2) is 0 Å². The molecule has 2 aromatic rings. The Bertz CT molecular complexity index is 509. The first-order chi connectivity index (χ1) is 7.72. The molecule has 2 aromatic carbocycles. The third kappa shape index (κ3) is 1.80. The third-order valence-electron chi connectivity index (χ3n) is 2.45. The van der Waals surface area contributed by atoms with Gasteiger partial charge in [-0.25, -0.2) is 0 Å². The fraction of sp³-hybridized carbons (Fsp3) is 0.0769. The van der Waals surface area contributed by atoms with Crippen molar-refractivity contribution in [1.29, 1.82) is 0 Å². The van der Waals surface area contributed by atoms with Crippen LogP contribution in [0.15, 0.2) is 42.5 Å². The zero-order chi connectivity index (χ0) is 11.5. The van der Waals surface area contributed by atoms with Crippen LogP contribution >= 0.6 is 0 Å². The first kappa shape index (κ1) is 10.4. The number of hydrogen-bond acceptors (Lipinski definition) is 3. The summed E-state index contributed by atoms with van der Waals surface area (Å²) >= 11 is 0. The second kappa shape index (κ2) is 4.14. The molecule has 0 spiro atoms. The molecule has 0 aliphatic heterocycles. The predicted octanol–water partition coefficient (Wildman–Crippen LogP) is 2.65. The highest BCUT2D eigenvalue weighted by Crippen LogP contribution is 2.34. The van der Waals surface area contributed by atoms with E-state index in [1.165, 1.54) is 0 Å². The van der Waals surface area contributed by atoms with E-state index in [0.29, 0.717) is 11.4 Å². The van der Waals surface area contributed by atoms with E-state index in [1.807, 2.05) is 24.3 Å². The molecular formula is C13H13NO2. The predicted molar refractivity (Wildman–Crippen MR) is 64.5 cm³/mol. The molecule has 0 heterocycles. The normalized spacial score (nSPS) is 10.1. The highest BCUT2D eigenvalue weighted by molar-refractivity contribution is 5.80. The molecular weight excluding hydrogens is 202 g/mol. The van der Waals surface area contributed by atoms with Crippen molar-refractivity contribution in [2.75, 3.05) is 12.8 Å². The lowest BCUT2D eigenvalue weighted by molar-refractivity contribution is 0.415. The molecule has 2 rings (SSSR count). The van der Waals surface area contributed by atoms with Crippen molar-refractivity contribution in [1.82, 2.24) is 0 Å². The van der Waals surface area contributed by atoms with E-state index in [9.17, 15) is 5.11 Å². The maximum absolute atomic E-state index is 9.73. The number of para-hydroxylation sites is 1. The number of nitrogens with two attached hydrogens (primary N) is 1. The average molecular weight is 215 g/mol. The first-order valence-electron chi connectivity index (χ1n) is 4.94. The molecule has 0 aliphatic carbocycles. The summed E-state index contributed by atoms with van der Waals surface area (Å²) in [4.78, 5) is 0. The zero-order valence-corrected chi connectivity index (χ0v) is 8.97. The van der Waals surface area contributed by atoms with Gasteiger partial charge in [0.1, 0.15) is 11.5 Å². The van der Waals surface area contributed by atoms with Crippen LogP contribution in [0.5, 0.6) is 11.5 Å². The Labute approximate surface area is 94.1 Å². The molecule has 82 valence electrons.